The van der Waals surface area contributed by atoms with Crippen LogP contribution in [0.4, 0.5) is 0 Å². The Kier molecular flexibility index (Phi) is 3.23. The highest BCUT2D eigenvalue weighted by Gasteiger charge is 2.16. The van der Waals surface area contributed by atoms with Crippen molar-refractivity contribution in [1.29, 1.82) is 0 Å². The zero-order chi connectivity index (χ0) is 15.8. The predicted octanol–water partition coefficient (Wildman–Crippen LogP) is 5.47. The highest BCUT2D eigenvalue weighted by Crippen LogP contribution is 2.38. The van der Waals surface area contributed by atoms with Crippen molar-refractivity contribution in [3.8, 4) is 33.6 Å². The molecule has 0 fully saturated rings. The van der Waals surface area contributed by atoms with Gasteiger partial charge in [-0.25, -0.2) is 0 Å². The van der Waals surface area contributed by atoms with Crippen LogP contribution in [0.15, 0.2) is 66.7 Å². The topological polar surface area (TPSA) is 28.7 Å². The summed E-state index contributed by atoms with van der Waals surface area (Å²) in [6, 6.07) is 23.4. The SMILES string of the molecule is Cc1ccc(-c2n[nH]c(-c3ccc(C)cc3)c3cccc2-3)cc1. The van der Waals surface area contributed by atoms with E-state index in [2.05, 4.69) is 90.8 Å². The van der Waals surface area contributed by atoms with Gasteiger partial charge >= 0.3 is 0 Å². The first-order valence-electron chi connectivity index (χ1n) is 7.83. The first-order valence-corrected chi connectivity index (χ1v) is 7.83. The lowest BCUT2D eigenvalue weighted by Crippen LogP contribution is -1.97. The minimum atomic E-state index is 1.00. The summed E-state index contributed by atoms with van der Waals surface area (Å²) in [5, 5.41) is 7.92. The molecule has 2 aromatic carbocycles. The van der Waals surface area contributed by atoms with Gasteiger partial charge in [0.1, 0.15) is 0 Å². The molecular weight excluding hydrogens is 280 g/mol. The molecule has 0 spiro atoms. The molecule has 2 nitrogen and oxygen atoms in total. The molecule has 0 unspecified atom stereocenters. The van der Waals surface area contributed by atoms with E-state index >= 15 is 0 Å². The van der Waals surface area contributed by atoms with Crippen LogP contribution in [-0.4, -0.2) is 10.2 Å². The molecule has 1 aliphatic carbocycles. The molecule has 2 aliphatic rings. The molecule has 4 rings (SSSR count). The number of hydrogen-bond acceptors (Lipinski definition) is 1. The summed E-state index contributed by atoms with van der Waals surface area (Å²) in [6.07, 6.45) is 0. The summed E-state index contributed by atoms with van der Waals surface area (Å²) in [4.78, 5) is 0. The summed E-state index contributed by atoms with van der Waals surface area (Å²) in [5.41, 5.74) is 9.28. The Morgan fingerprint density at radius 1 is 0.652 bits per heavy atom. The smallest absolute Gasteiger partial charge is 0.0984 e. The van der Waals surface area contributed by atoms with Gasteiger partial charge in [0.2, 0.25) is 0 Å². The summed E-state index contributed by atoms with van der Waals surface area (Å²) >= 11 is 0. The third-order valence-electron chi connectivity index (χ3n) is 4.29. The van der Waals surface area contributed by atoms with Crippen LogP contribution in [0.1, 0.15) is 11.1 Å². The Bertz CT molecular complexity index is 839. The molecular formula is C21H18N2. The fourth-order valence-corrected chi connectivity index (χ4v) is 2.95. The summed E-state index contributed by atoms with van der Waals surface area (Å²) in [5.74, 6) is 0. The van der Waals surface area contributed by atoms with Crippen LogP contribution in [0.25, 0.3) is 33.6 Å². The minimum Gasteiger partial charge on any atom is -0.277 e. The molecule has 2 aromatic rings. The third-order valence-corrected chi connectivity index (χ3v) is 4.29. The van der Waals surface area contributed by atoms with E-state index in [1.807, 2.05) is 0 Å². The predicted molar refractivity (Wildman–Crippen MR) is 95.6 cm³/mol. The van der Waals surface area contributed by atoms with E-state index in [-0.39, 0.29) is 0 Å². The van der Waals surface area contributed by atoms with Gasteiger partial charge in [-0.3, -0.25) is 5.10 Å². The Hall–Kier alpha value is -2.87. The monoisotopic (exact) mass is 298 g/mol. The van der Waals surface area contributed by atoms with Gasteiger partial charge in [-0.05, 0) is 13.8 Å². The van der Waals surface area contributed by atoms with Gasteiger partial charge in [0.15, 0.2) is 0 Å². The molecule has 0 bridgehead atoms. The second-order valence-corrected chi connectivity index (χ2v) is 6.03. The fourth-order valence-electron chi connectivity index (χ4n) is 2.95. The summed E-state index contributed by atoms with van der Waals surface area (Å²) in [7, 11) is 0. The Morgan fingerprint density at radius 2 is 1.22 bits per heavy atom. The van der Waals surface area contributed by atoms with Crippen molar-refractivity contribution in [1.82, 2.24) is 10.2 Å². The number of aryl methyl sites for hydroxylation is 2. The molecule has 112 valence electrons. The Morgan fingerprint density at radius 3 is 1.87 bits per heavy atom. The van der Waals surface area contributed by atoms with E-state index in [1.54, 1.807) is 0 Å². The second-order valence-electron chi connectivity index (χ2n) is 6.03. The number of aromatic nitrogens is 2. The minimum absolute atomic E-state index is 1.00. The van der Waals surface area contributed by atoms with Crippen molar-refractivity contribution in [2.75, 3.05) is 0 Å². The number of rotatable bonds is 2. The highest BCUT2D eigenvalue weighted by molar-refractivity contribution is 5.90. The lowest BCUT2D eigenvalue weighted by Gasteiger charge is -2.13. The van der Waals surface area contributed by atoms with E-state index < -0.39 is 0 Å². The lowest BCUT2D eigenvalue weighted by atomic mass is 9.98. The van der Waals surface area contributed by atoms with Crippen LogP contribution in [0.2, 0.25) is 0 Å². The quantitative estimate of drug-likeness (QED) is 0.522. The summed E-state index contributed by atoms with van der Waals surface area (Å²) in [6.45, 7) is 4.20. The zero-order valence-electron chi connectivity index (χ0n) is 13.3. The van der Waals surface area contributed by atoms with Crippen LogP contribution in [0.3, 0.4) is 0 Å². The number of nitrogens with one attached hydrogen (secondary N) is 1. The van der Waals surface area contributed by atoms with Crippen molar-refractivity contribution in [2.45, 2.75) is 13.8 Å². The fraction of sp³-hybridized carbons (Fsp3) is 0.0952. The average molecular weight is 298 g/mol. The van der Waals surface area contributed by atoms with Crippen LogP contribution in [0, 0.1) is 13.8 Å². The third kappa shape index (κ3) is 2.42. The van der Waals surface area contributed by atoms with E-state index in [1.165, 1.54) is 22.3 Å². The van der Waals surface area contributed by atoms with Crippen molar-refractivity contribution in [3.63, 3.8) is 0 Å². The molecule has 0 atom stereocenters. The van der Waals surface area contributed by atoms with Crippen LogP contribution < -0.4 is 0 Å². The van der Waals surface area contributed by atoms with Gasteiger partial charge in [0, 0.05) is 22.3 Å². The maximum atomic E-state index is 4.65. The maximum Gasteiger partial charge on any atom is 0.0984 e. The van der Waals surface area contributed by atoms with Gasteiger partial charge in [0.05, 0.1) is 11.4 Å². The molecule has 1 heterocycles. The summed E-state index contributed by atoms with van der Waals surface area (Å²) < 4.78 is 0. The molecule has 23 heavy (non-hydrogen) atoms. The molecule has 0 saturated carbocycles. The first kappa shape index (κ1) is 13.8. The highest BCUT2D eigenvalue weighted by atomic mass is 15.1. The number of benzene rings is 2. The van der Waals surface area contributed by atoms with Gasteiger partial charge in [-0.15, -0.1) is 0 Å². The maximum absolute atomic E-state index is 4.65. The van der Waals surface area contributed by atoms with Crippen molar-refractivity contribution >= 4 is 0 Å². The number of aromatic amines is 1. The van der Waals surface area contributed by atoms with Crippen molar-refractivity contribution in [3.05, 3.63) is 77.9 Å². The largest absolute Gasteiger partial charge is 0.277 e. The molecule has 1 aliphatic heterocycles. The van der Waals surface area contributed by atoms with Gasteiger partial charge in [-0.2, -0.15) is 5.10 Å². The lowest BCUT2D eigenvalue weighted by molar-refractivity contribution is 1.05. The molecule has 2 heteroatoms. The number of nitrogens with zero attached hydrogens (tertiary/aromatic N) is 1. The first-order chi connectivity index (χ1) is 11.2. The number of hydrogen-bond donors (Lipinski definition) is 1. The van der Waals surface area contributed by atoms with Gasteiger partial charge < -0.3 is 0 Å². The molecule has 0 amide bonds. The van der Waals surface area contributed by atoms with Gasteiger partial charge in [-0.1, -0.05) is 77.9 Å². The van der Waals surface area contributed by atoms with Crippen molar-refractivity contribution < 1.29 is 0 Å². The van der Waals surface area contributed by atoms with E-state index in [9.17, 15) is 0 Å². The van der Waals surface area contributed by atoms with E-state index in [0.29, 0.717) is 0 Å². The average Bonchev–Trinajstić information content (AvgIpc) is 3.05. The van der Waals surface area contributed by atoms with Crippen LogP contribution >= 0.6 is 0 Å². The standard InChI is InChI=1S/C21H18N2/c1-14-6-10-16(11-7-14)20-18-4-3-5-19(18)21(23-22-20)17-12-8-15(2)9-13-17/h3-13,22H,1-2H3. The normalized spacial score (nSPS) is 11.0. The van der Waals surface area contributed by atoms with E-state index in [4.69, 9.17) is 0 Å². The van der Waals surface area contributed by atoms with Crippen LogP contribution in [0.5, 0.6) is 0 Å². The Labute approximate surface area is 136 Å². The van der Waals surface area contributed by atoms with Crippen LogP contribution in [-0.2, 0) is 0 Å². The zero-order valence-corrected chi connectivity index (χ0v) is 13.3. The van der Waals surface area contributed by atoms with Gasteiger partial charge in [0.25, 0.3) is 0 Å². The molecule has 0 radical (unpaired) electrons. The molecule has 1 N–H and O–H groups in total. The second kappa shape index (κ2) is 5.40. The number of H-pyrrole nitrogens is 1. The van der Waals surface area contributed by atoms with Crippen molar-refractivity contribution in [2.24, 2.45) is 0 Å². The molecule has 0 saturated heterocycles. The van der Waals surface area contributed by atoms with E-state index in [0.717, 1.165) is 22.5 Å². The molecule has 0 aromatic heterocycles. The Balaban J connectivity index is 1.87. The number of fused-ring (bicyclic) bond motifs is 1.